The number of hydrogen-bond donors (Lipinski definition) is 3. The summed E-state index contributed by atoms with van der Waals surface area (Å²) in [5.74, 6) is -0.265. The van der Waals surface area contributed by atoms with Gasteiger partial charge in [-0.15, -0.1) is 12.4 Å². The highest BCUT2D eigenvalue weighted by Crippen LogP contribution is 2.20. The van der Waals surface area contributed by atoms with Crippen molar-refractivity contribution in [2.24, 2.45) is 11.5 Å². The van der Waals surface area contributed by atoms with Gasteiger partial charge in [-0.3, -0.25) is 9.59 Å². The van der Waals surface area contributed by atoms with Crippen LogP contribution in [0.3, 0.4) is 0 Å². The quantitative estimate of drug-likeness (QED) is 0.700. The van der Waals surface area contributed by atoms with Crippen LogP contribution in [0, 0.1) is 0 Å². The van der Waals surface area contributed by atoms with Crippen LogP contribution in [0.25, 0.3) is 0 Å². The Labute approximate surface area is 137 Å². The number of carbonyl (C=O) groups excluding carboxylic acids is 2. The zero-order valence-electron chi connectivity index (χ0n) is 13.0. The summed E-state index contributed by atoms with van der Waals surface area (Å²) in [6.07, 6.45) is -0.0937. The molecule has 1 rings (SSSR count). The van der Waals surface area contributed by atoms with Crippen molar-refractivity contribution in [2.75, 3.05) is 0 Å². The molecule has 0 aliphatic rings. The number of nitrogens with two attached hydrogens (primary N) is 2. The number of amides is 2. The summed E-state index contributed by atoms with van der Waals surface area (Å²) < 4.78 is 5.61. The second-order valence-electron chi connectivity index (χ2n) is 5.25. The minimum atomic E-state index is -0.931. The maximum Gasteiger partial charge on any atom is 0.237 e. The molecule has 1 aromatic rings. The van der Waals surface area contributed by atoms with E-state index >= 15 is 0 Å². The first-order valence-electron chi connectivity index (χ1n) is 6.90. The Morgan fingerprint density at radius 1 is 1.27 bits per heavy atom. The third-order valence-corrected chi connectivity index (χ3v) is 2.85. The molecule has 22 heavy (non-hydrogen) atoms. The average molecular weight is 330 g/mol. The van der Waals surface area contributed by atoms with Crippen LogP contribution < -0.4 is 21.5 Å². The van der Waals surface area contributed by atoms with Gasteiger partial charge in [-0.25, -0.2) is 0 Å². The van der Waals surface area contributed by atoms with Crippen molar-refractivity contribution in [3.8, 4) is 5.75 Å². The highest BCUT2D eigenvalue weighted by atomic mass is 35.5. The second kappa shape index (κ2) is 9.27. The lowest BCUT2D eigenvalue weighted by molar-refractivity contribution is -0.126. The van der Waals surface area contributed by atoms with Crippen molar-refractivity contribution in [1.82, 2.24) is 5.32 Å². The van der Waals surface area contributed by atoms with Crippen LogP contribution in [0.2, 0.25) is 0 Å². The molecule has 0 spiro atoms. The van der Waals surface area contributed by atoms with Gasteiger partial charge in [-0.1, -0.05) is 12.1 Å². The first-order chi connectivity index (χ1) is 9.79. The van der Waals surface area contributed by atoms with E-state index in [2.05, 4.69) is 5.32 Å². The van der Waals surface area contributed by atoms with E-state index in [0.717, 1.165) is 11.3 Å². The number of carbonyl (C=O) groups is 2. The van der Waals surface area contributed by atoms with Gasteiger partial charge in [0, 0.05) is 0 Å². The molecule has 0 aliphatic heterocycles. The highest BCUT2D eigenvalue weighted by molar-refractivity contribution is 5.87. The Morgan fingerprint density at radius 3 is 2.45 bits per heavy atom. The summed E-state index contributed by atoms with van der Waals surface area (Å²) in [6, 6.07) is 6.30. The maximum absolute atomic E-state index is 11.8. The second-order valence-corrected chi connectivity index (χ2v) is 5.25. The molecule has 6 nitrogen and oxygen atoms in total. The molecule has 0 bridgehead atoms. The number of rotatable bonds is 7. The van der Waals surface area contributed by atoms with Crippen LogP contribution in [0.15, 0.2) is 24.3 Å². The topological polar surface area (TPSA) is 107 Å². The summed E-state index contributed by atoms with van der Waals surface area (Å²) in [5, 5.41) is 2.75. The van der Waals surface area contributed by atoms with Crippen LogP contribution in [-0.2, 0) is 9.59 Å². The van der Waals surface area contributed by atoms with Crippen LogP contribution >= 0.6 is 12.4 Å². The summed E-state index contributed by atoms with van der Waals surface area (Å²) in [4.78, 5) is 22.6. The minimum absolute atomic E-state index is 0. The van der Waals surface area contributed by atoms with E-state index in [0.29, 0.717) is 0 Å². The molecule has 0 saturated carbocycles. The Balaban J connectivity index is 0.00000441. The molecule has 0 saturated heterocycles. The van der Waals surface area contributed by atoms with E-state index < -0.39 is 17.9 Å². The SMILES string of the molecule is CC(C)Oc1cccc(C(C)NC(=O)C(N)CC(N)=O)c1.Cl. The molecule has 0 fully saturated rings. The van der Waals surface area contributed by atoms with Gasteiger partial charge in [0.2, 0.25) is 11.8 Å². The number of benzene rings is 1. The smallest absolute Gasteiger partial charge is 0.237 e. The fourth-order valence-electron chi connectivity index (χ4n) is 1.84. The monoisotopic (exact) mass is 329 g/mol. The van der Waals surface area contributed by atoms with Crippen LogP contribution in [0.1, 0.15) is 38.8 Å². The molecule has 0 aromatic heterocycles. The molecule has 0 aliphatic carbocycles. The molecule has 5 N–H and O–H groups in total. The number of primary amides is 1. The van der Waals surface area contributed by atoms with Crippen molar-refractivity contribution in [3.05, 3.63) is 29.8 Å². The molecular weight excluding hydrogens is 306 g/mol. The molecule has 0 heterocycles. The predicted octanol–water partition coefficient (Wildman–Crippen LogP) is 1.28. The van der Waals surface area contributed by atoms with Crippen molar-refractivity contribution in [2.45, 2.75) is 45.4 Å². The van der Waals surface area contributed by atoms with Crippen molar-refractivity contribution < 1.29 is 14.3 Å². The van der Waals surface area contributed by atoms with Crippen LogP contribution in [0.4, 0.5) is 0 Å². The molecule has 2 unspecified atom stereocenters. The van der Waals surface area contributed by atoms with Gasteiger partial charge in [-0.05, 0) is 38.5 Å². The average Bonchev–Trinajstić information content (AvgIpc) is 2.37. The predicted molar refractivity (Wildman–Crippen MR) is 87.8 cm³/mol. The van der Waals surface area contributed by atoms with E-state index in [4.69, 9.17) is 16.2 Å². The lowest BCUT2D eigenvalue weighted by Crippen LogP contribution is -2.43. The first kappa shape index (κ1) is 20.2. The van der Waals surface area contributed by atoms with E-state index in [1.54, 1.807) is 0 Å². The van der Waals surface area contributed by atoms with E-state index in [1.165, 1.54) is 0 Å². The van der Waals surface area contributed by atoms with Gasteiger partial charge in [-0.2, -0.15) is 0 Å². The number of halogens is 1. The van der Waals surface area contributed by atoms with E-state index in [1.807, 2.05) is 45.0 Å². The lowest BCUT2D eigenvalue weighted by Gasteiger charge is -2.18. The number of hydrogen-bond acceptors (Lipinski definition) is 4. The van der Waals surface area contributed by atoms with Gasteiger partial charge in [0.25, 0.3) is 0 Å². The summed E-state index contributed by atoms with van der Waals surface area (Å²) >= 11 is 0. The van der Waals surface area contributed by atoms with Gasteiger partial charge in [0.15, 0.2) is 0 Å². The largest absolute Gasteiger partial charge is 0.491 e. The molecule has 2 atom stereocenters. The normalized spacial score (nSPS) is 13.0. The summed E-state index contributed by atoms with van der Waals surface area (Å²) in [6.45, 7) is 5.73. The van der Waals surface area contributed by atoms with Gasteiger partial charge in [0.05, 0.1) is 24.6 Å². The zero-order valence-corrected chi connectivity index (χ0v) is 13.9. The molecule has 7 heteroatoms. The van der Waals surface area contributed by atoms with Crippen molar-refractivity contribution in [1.29, 1.82) is 0 Å². The molecule has 124 valence electrons. The number of nitrogens with one attached hydrogen (secondary N) is 1. The summed E-state index contributed by atoms with van der Waals surface area (Å²) in [7, 11) is 0. The fourth-order valence-corrected chi connectivity index (χ4v) is 1.84. The van der Waals surface area contributed by atoms with Gasteiger partial charge < -0.3 is 21.5 Å². The standard InChI is InChI=1S/C15H23N3O3.ClH/c1-9(2)21-12-6-4-5-11(7-12)10(3)18-15(20)13(16)8-14(17)19;/h4-7,9-10,13H,8,16H2,1-3H3,(H2,17,19)(H,18,20);1H. The third-order valence-electron chi connectivity index (χ3n) is 2.85. The Kier molecular flexibility index (Phi) is 8.52. The van der Waals surface area contributed by atoms with Crippen LogP contribution in [-0.4, -0.2) is 24.0 Å². The fraction of sp³-hybridized carbons (Fsp3) is 0.467. The van der Waals surface area contributed by atoms with E-state index in [9.17, 15) is 9.59 Å². The maximum atomic E-state index is 11.8. The van der Waals surface area contributed by atoms with E-state index in [-0.39, 0.29) is 31.0 Å². The third kappa shape index (κ3) is 6.78. The van der Waals surface area contributed by atoms with Gasteiger partial charge in [0.1, 0.15) is 5.75 Å². The van der Waals surface area contributed by atoms with Crippen molar-refractivity contribution in [3.63, 3.8) is 0 Å². The lowest BCUT2D eigenvalue weighted by atomic mass is 10.1. The van der Waals surface area contributed by atoms with Gasteiger partial charge >= 0.3 is 0 Å². The highest BCUT2D eigenvalue weighted by Gasteiger charge is 2.18. The summed E-state index contributed by atoms with van der Waals surface area (Å²) in [5.41, 5.74) is 11.5. The molecular formula is C15H24ClN3O3. The first-order valence-corrected chi connectivity index (χ1v) is 6.90. The Morgan fingerprint density at radius 2 is 1.91 bits per heavy atom. The number of ether oxygens (including phenoxy) is 1. The molecule has 1 aromatic carbocycles. The van der Waals surface area contributed by atoms with Crippen molar-refractivity contribution >= 4 is 24.2 Å². The Hall–Kier alpha value is -1.79. The zero-order chi connectivity index (χ0) is 16.0. The molecule has 2 amide bonds. The minimum Gasteiger partial charge on any atom is -0.491 e. The van der Waals surface area contributed by atoms with Crippen LogP contribution in [0.5, 0.6) is 5.75 Å². The molecule has 0 radical (unpaired) electrons. The Bertz CT molecular complexity index is 509.